The van der Waals surface area contributed by atoms with Crippen molar-refractivity contribution in [1.82, 2.24) is 35.3 Å². The molecule has 0 unspecified atom stereocenters. The number of halogens is 3. The van der Waals surface area contributed by atoms with E-state index < -0.39 is 17.8 Å². The van der Waals surface area contributed by atoms with Gasteiger partial charge in [-0.15, -0.1) is 35.0 Å². The summed E-state index contributed by atoms with van der Waals surface area (Å²) in [4.78, 5) is 8.79. The Morgan fingerprint density at radius 1 is 1.03 bits per heavy atom. The molecule has 37 heavy (non-hydrogen) atoms. The summed E-state index contributed by atoms with van der Waals surface area (Å²) in [6.07, 6.45) is 4.48. The maximum atomic E-state index is 15.1. The Morgan fingerprint density at radius 2 is 1.78 bits per heavy atom. The summed E-state index contributed by atoms with van der Waals surface area (Å²) in [6, 6.07) is 6.84. The number of aromatic hydroxyl groups is 1. The first kappa shape index (κ1) is 28.5. The lowest BCUT2D eigenvalue weighted by Crippen LogP contribution is -2.67. The fraction of sp³-hybridized carbons (Fsp3) is 0.400. The molecule has 4 heterocycles. The van der Waals surface area contributed by atoms with Crippen molar-refractivity contribution in [3.8, 4) is 28.1 Å². The highest BCUT2D eigenvalue weighted by atomic mass is 35.5. The van der Waals surface area contributed by atoms with Crippen molar-refractivity contribution < 1.29 is 9.50 Å². The maximum Gasteiger partial charge on any atom is 0.243 e. The van der Waals surface area contributed by atoms with E-state index in [1.165, 1.54) is 6.20 Å². The van der Waals surface area contributed by atoms with Crippen molar-refractivity contribution in [3.63, 3.8) is 0 Å². The average Bonchev–Trinajstić information content (AvgIpc) is 3.17. The minimum Gasteiger partial charge on any atom is -0.507 e. The zero-order chi connectivity index (χ0) is 25.0. The van der Waals surface area contributed by atoms with Crippen molar-refractivity contribution in [1.29, 1.82) is 0 Å². The Kier molecular flexibility index (Phi) is 7.97. The molecule has 0 bridgehead atoms. The number of alkyl halides is 1. The fourth-order valence-corrected chi connectivity index (χ4v) is 5.03. The van der Waals surface area contributed by atoms with Crippen molar-refractivity contribution in [2.24, 2.45) is 7.05 Å². The van der Waals surface area contributed by atoms with Crippen molar-refractivity contribution in [3.05, 3.63) is 42.9 Å². The van der Waals surface area contributed by atoms with Gasteiger partial charge in [0.2, 0.25) is 5.95 Å². The van der Waals surface area contributed by atoms with Gasteiger partial charge in [0.15, 0.2) is 5.65 Å². The van der Waals surface area contributed by atoms with Crippen LogP contribution < -0.4 is 10.6 Å². The Balaban J connectivity index is 0.00000190. The molecule has 0 radical (unpaired) electrons. The molecule has 3 N–H and O–H groups in total. The van der Waals surface area contributed by atoms with Gasteiger partial charge in [-0.05, 0) is 57.9 Å². The number of phenols is 1. The van der Waals surface area contributed by atoms with Gasteiger partial charge in [0, 0.05) is 40.8 Å². The van der Waals surface area contributed by atoms with E-state index in [0.717, 1.165) is 22.2 Å². The number of aromatic nitrogens is 6. The molecule has 0 spiro atoms. The van der Waals surface area contributed by atoms with Crippen molar-refractivity contribution >= 4 is 41.8 Å². The summed E-state index contributed by atoms with van der Waals surface area (Å²) >= 11 is 0. The lowest BCUT2D eigenvalue weighted by molar-refractivity contribution is 0.0654. The normalized spacial score (nSPS) is 20.1. The van der Waals surface area contributed by atoms with E-state index in [-0.39, 0.29) is 42.1 Å². The number of anilines is 1. The Morgan fingerprint density at radius 3 is 2.46 bits per heavy atom. The second kappa shape index (κ2) is 10.4. The second-order valence-corrected chi connectivity index (χ2v) is 10.4. The minimum absolute atomic E-state index is 0. The van der Waals surface area contributed by atoms with Crippen LogP contribution in [0.5, 0.6) is 5.75 Å². The van der Waals surface area contributed by atoms with Gasteiger partial charge in [0.1, 0.15) is 17.6 Å². The van der Waals surface area contributed by atoms with Crippen molar-refractivity contribution in [2.45, 2.75) is 57.4 Å². The molecule has 1 fully saturated rings. The molecule has 0 aliphatic carbocycles. The van der Waals surface area contributed by atoms with E-state index in [2.05, 4.69) is 49.7 Å². The largest absolute Gasteiger partial charge is 0.507 e. The molecule has 198 valence electrons. The van der Waals surface area contributed by atoms with Crippen LogP contribution in [0.4, 0.5) is 10.3 Å². The summed E-state index contributed by atoms with van der Waals surface area (Å²) in [5.74, 6) is 0.304. The molecule has 2 atom stereocenters. The molecule has 0 saturated carbocycles. The van der Waals surface area contributed by atoms with Crippen LogP contribution in [0.1, 0.15) is 34.1 Å². The second-order valence-electron chi connectivity index (χ2n) is 10.4. The molecule has 1 aliphatic heterocycles. The number of pyridine rings is 1. The van der Waals surface area contributed by atoms with E-state index in [1.54, 1.807) is 29.2 Å². The third kappa shape index (κ3) is 5.61. The van der Waals surface area contributed by atoms with Crippen LogP contribution in [0.3, 0.4) is 0 Å². The Labute approximate surface area is 227 Å². The first-order chi connectivity index (χ1) is 16.5. The van der Waals surface area contributed by atoms with Gasteiger partial charge in [-0.2, -0.15) is 5.10 Å². The van der Waals surface area contributed by atoms with Gasteiger partial charge >= 0.3 is 0 Å². The third-order valence-electron chi connectivity index (χ3n) is 6.49. The predicted octanol–water partition coefficient (Wildman–Crippen LogP) is 4.71. The van der Waals surface area contributed by atoms with Crippen LogP contribution in [0, 0.1) is 0 Å². The third-order valence-corrected chi connectivity index (χ3v) is 6.49. The summed E-state index contributed by atoms with van der Waals surface area (Å²) in [6.45, 7) is 7.81. The zero-order valence-corrected chi connectivity index (χ0v) is 22.9. The van der Waals surface area contributed by atoms with Crippen LogP contribution in [0.15, 0.2) is 42.9 Å². The lowest BCUT2D eigenvalue weighted by Gasteiger charge is -2.48. The molecular formula is C25H31Cl2FN8O. The van der Waals surface area contributed by atoms with E-state index in [0.29, 0.717) is 17.7 Å². The number of nitrogens with one attached hydrogen (secondary N) is 2. The van der Waals surface area contributed by atoms with Gasteiger partial charge < -0.3 is 15.7 Å². The Hall–Kier alpha value is -3.08. The standard InChI is InChI=1S/C25H29FN8O.2ClH/c1-24(2)10-18(21(26)25(3,4)33-24)30-23-28-13-19(31-32-23)17-7-6-14(9-20(17)35)15-8-16-12-29-34(5)22(16)27-11-15;;/h6-9,11-13,18,21,33,35H,10H2,1-5H3,(H,28,30,32);2*1H/t18-,21-;;/m0../s1. The van der Waals surface area contributed by atoms with E-state index >= 15 is 4.39 Å². The highest BCUT2D eigenvalue weighted by molar-refractivity contribution is 5.85. The number of phenolic OH excluding ortho intramolecular Hbond substituents is 1. The first-order valence-electron chi connectivity index (χ1n) is 11.5. The van der Waals surface area contributed by atoms with Crippen LogP contribution in [0.25, 0.3) is 33.4 Å². The average molecular weight is 549 g/mol. The molecule has 9 nitrogen and oxygen atoms in total. The van der Waals surface area contributed by atoms with E-state index in [1.807, 2.05) is 33.0 Å². The monoisotopic (exact) mass is 548 g/mol. The smallest absolute Gasteiger partial charge is 0.243 e. The number of fused-ring (bicyclic) bond motifs is 1. The molecule has 5 rings (SSSR count). The van der Waals surface area contributed by atoms with Crippen LogP contribution in [-0.2, 0) is 7.05 Å². The molecule has 3 aromatic heterocycles. The predicted molar refractivity (Wildman–Crippen MR) is 147 cm³/mol. The number of hydrogen-bond acceptors (Lipinski definition) is 8. The molecular weight excluding hydrogens is 518 g/mol. The summed E-state index contributed by atoms with van der Waals surface area (Å²) in [7, 11) is 1.84. The SMILES string of the molecule is Cl.Cl.Cn1ncc2cc(-c3ccc(-c4cnc(N[C@H]5CC(C)(C)NC(C)(C)[C@H]5F)nn4)c(O)c3)cnc21. The number of aryl methyl sites for hydroxylation is 1. The van der Waals surface area contributed by atoms with Gasteiger partial charge in [0.05, 0.1) is 18.4 Å². The van der Waals surface area contributed by atoms with Crippen LogP contribution in [0.2, 0.25) is 0 Å². The zero-order valence-electron chi connectivity index (χ0n) is 21.2. The van der Waals surface area contributed by atoms with E-state index in [4.69, 9.17) is 0 Å². The number of rotatable bonds is 4. The number of piperidine rings is 1. The molecule has 0 amide bonds. The molecule has 1 aromatic carbocycles. The topological polar surface area (TPSA) is 114 Å². The first-order valence-corrected chi connectivity index (χ1v) is 11.5. The number of benzene rings is 1. The quantitative estimate of drug-likeness (QED) is 0.336. The molecule has 1 saturated heterocycles. The highest BCUT2D eigenvalue weighted by Gasteiger charge is 2.46. The summed E-state index contributed by atoms with van der Waals surface area (Å²) in [5.41, 5.74) is 2.48. The van der Waals surface area contributed by atoms with E-state index in [9.17, 15) is 5.11 Å². The van der Waals surface area contributed by atoms with Crippen LogP contribution in [-0.4, -0.2) is 58.3 Å². The summed E-state index contributed by atoms with van der Waals surface area (Å²) in [5, 5.41) is 30.7. The van der Waals surface area contributed by atoms with Gasteiger partial charge in [0.25, 0.3) is 0 Å². The minimum atomic E-state index is -1.13. The number of nitrogens with zero attached hydrogens (tertiary/aromatic N) is 6. The molecule has 4 aromatic rings. The Bertz CT molecular complexity index is 1390. The molecule has 1 aliphatic rings. The lowest BCUT2D eigenvalue weighted by atomic mass is 9.78. The highest BCUT2D eigenvalue weighted by Crippen LogP contribution is 2.34. The van der Waals surface area contributed by atoms with Gasteiger partial charge in [-0.25, -0.2) is 14.4 Å². The fourth-order valence-electron chi connectivity index (χ4n) is 5.03. The van der Waals surface area contributed by atoms with Crippen LogP contribution >= 0.6 is 24.8 Å². The van der Waals surface area contributed by atoms with Gasteiger partial charge in [-0.3, -0.25) is 4.68 Å². The van der Waals surface area contributed by atoms with Gasteiger partial charge in [-0.1, -0.05) is 6.07 Å². The molecule has 12 heteroatoms. The van der Waals surface area contributed by atoms with Crippen molar-refractivity contribution in [2.75, 3.05) is 5.32 Å². The summed E-state index contributed by atoms with van der Waals surface area (Å²) < 4.78 is 16.8. The maximum absolute atomic E-state index is 15.1. The number of hydrogen-bond donors (Lipinski definition) is 3.